The number of hydrogen-bond acceptors (Lipinski definition) is 3. The van der Waals surface area contributed by atoms with Gasteiger partial charge in [-0.1, -0.05) is 0 Å². The summed E-state index contributed by atoms with van der Waals surface area (Å²) >= 11 is 0. The van der Waals surface area contributed by atoms with Gasteiger partial charge in [0.1, 0.15) is 5.82 Å². The third-order valence-electron chi connectivity index (χ3n) is 1.61. The summed E-state index contributed by atoms with van der Waals surface area (Å²) in [7, 11) is 1.85. The van der Waals surface area contributed by atoms with Crippen molar-refractivity contribution in [3.8, 4) is 0 Å². The second-order valence-electron chi connectivity index (χ2n) is 2.78. The highest BCUT2D eigenvalue weighted by atomic mass is 15.3. The molecule has 0 atom stereocenters. The minimum absolute atomic E-state index is 0.410. The lowest BCUT2D eigenvalue weighted by atomic mass is 10.4. The molecular formula is C7H14N4. The number of nitrogens with one attached hydrogen (secondary N) is 1. The third-order valence-corrected chi connectivity index (χ3v) is 1.61. The van der Waals surface area contributed by atoms with Crippen molar-refractivity contribution in [3.63, 3.8) is 0 Å². The fraction of sp³-hybridized carbons (Fsp3) is 0.714. The van der Waals surface area contributed by atoms with Gasteiger partial charge in [-0.25, -0.2) is 0 Å². The molecule has 0 aliphatic carbocycles. The Morgan fingerprint density at radius 1 is 1.36 bits per heavy atom. The van der Waals surface area contributed by atoms with Crippen LogP contribution in [-0.4, -0.2) is 21.8 Å². The van der Waals surface area contributed by atoms with E-state index < -0.39 is 0 Å². The molecule has 62 valence electrons. The number of hydrogen-bond donors (Lipinski definition) is 1. The summed E-state index contributed by atoms with van der Waals surface area (Å²) in [6, 6.07) is 0.410. The summed E-state index contributed by atoms with van der Waals surface area (Å²) in [6.07, 6.45) is 0. The van der Waals surface area contributed by atoms with E-state index in [4.69, 9.17) is 0 Å². The lowest BCUT2D eigenvalue weighted by Gasteiger charge is -2.10. The maximum atomic E-state index is 3.96. The zero-order valence-electron chi connectivity index (χ0n) is 7.42. The van der Waals surface area contributed by atoms with Crippen molar-refractivity contribution < 1.29 is 0 Å². The molecule has 1 rings (SSSR count). The Morgan fingerprint density at radius 3 is 2.36 bits per heavy atom. The van der Waals surface area contributed by atoms with Gasteiger partial charge in [-0.2, -0.15) is 0 Å². The van der Waals surface area contributed by atoms with Gasteiger partial charge in [0.05, 0.1) is 0 Å². The highest BCUT2D eigenvalue weighted by Crippen LogP contribution is 2.13. The van der Waals surface area contributed by atoms with Gasteiger partial charge in [-0.15, -0.1) is 10.2 Å². The van der Waals surface area contributed by atoms with E-state index in [0.29, 0.717) is 6.04 Å². The van der Waals surface area contributed by atoms with Crippen molar-refractivity contribution in [2.45, 2.75) is 26.8 Å². The molecule has 0 radical (unpaired) electrons. The van der Waals surface area contributed by atoms with Gasteiger partial charge >= 0.3 is 0 Å². The highest BCUT2D eigenvalue weighted by molar-refractivity contribution is 5.24. The van der Waals surface area contributed by atoms with Crippen molar-refractivity contribution >= 4 is 5.95 Å². The van der Waals surface area contributed by atoms with E-state index in [-0.39, 0.29) is 0 Å². The molecule has 0 bridgehead atoms. The monoisotopic (exact) mass is 154 g/mol. The third kappa shape index (κ3) is 1.34. The summed E-state index contributed by atoms with van der Waals surface area (Å²) in [5, 5.41) is 10.9. The fourth-order valence-corrected chi connectivity index (χ4v) is 1.16. The molecule has 1 heterocycles. The molecule has 0 unspecified atom stereocenters. The first kappa shape index (κ1) is 8.04. The average Bonchev–Trinajstić information content (AvgIpc) is 2.30. The first-order chi connectivity index (χ1) is 5.16. The van der Waals surface area contributed by atoms with E-state index in [1.54, 1.807) is 0 Å². The first-order valence-corrected chi connectivity index (χ1v) is 3.76. The molecule has 4 heteroatoms. The molecule has 0 fully saturated rings. The predicted molar refractivity (Wildman–Crippen MR) is 44.7 cm³/mol. The Kier molecular flexibility index (Phi) is 2.12. The van der Waals surface area contributed by atoms with E-state index >= 15 is 0 Å². The quantitative estimate of drug-likeness (QED) is 0.696. The molecule has 0 amide bonds. The van der Waals surface area contributed by atoms with Crippen LogP contribution in [0.4, 0.5) is 5.95 Å². The van der Waals surface area contributed by atoms with Gasteiger partial charge in [0, 0.05) is 13.1 Å². The molecule has 1 N–H and O–H groups in total. The summed E-state index contributed by atoms with van der Waals surface area (Å²) in [5.41, 5.74) is 0. The number of nitrogens with zero attached hydrogens (tertiary/aromatic N) is 3. The Labute approximate surface area is 66.6 Å². The molecule has 11 heavy (non-hydrogen) atoms. The van der Waals surface area contributed by atoms with Crippen molar-refractivity contribution in [2.75, 3.05) is 12.4 Å². The molecule has 0 aliphatic rings. The van der Waals surface area contributed by atoms with Crippen LogP contribution in [0.5, 0.6) is 0 Å². The van der Waals surface area contributed by atoms with Crippen molar-refractivity contribution in [3.05, 3.63) is 5.82 Å². The SMILES string of the molecule is CNc1nnc(C)n1C(C)C. The molecule has 0 saturated carbocycles. The molecule has 0 spiro atoms. The molecule has 4 nitrogen and oxygen atoms in total. The Morgan fingerprint density at radius 2 is 2.00 bits per heavy atom. The van der Waals surface area contributed by atoms with Gasteiger partial charge in [0.2, 0.25) is 5.95 Å². The van der Waals surface area contributed by atoms with Crippen LogP contribution in [0.3, 0.4) is 0 Å². The van der Waals surface area contributed by atoms with Gasteiger partial charge in [-0.3, -0.25) is 4.57 Å². The number of aryl methyl sites for hydroxylation is 1. The van der Waals surface area contributed by atoms with Crippen LogP contribution in [0, 0.1) is 6.92 Å². The first-order valence-electron chi connectivity index (χ1n) is 3.76. The summed E-state index contributed by atoms with van der Waals surface area (Å²) < 4.78 is 2.06. The maximum absolute atomic E-state index is 3.96. The predicted octanol–water partition coefficient (Wildman–Crippen LogP) is 1.21. The fourth-order valence-electron chi connectivity index (χ4n) is 1.16. The molecule has 0 saturated heterocycles. The number of anilines is 1. The standard InChI is InChI=1S/C7H14N4/c1-5(2)11-6(3)9-10-7(11)8-4/h5H,1-4H3,(H,8,10). The summed E-state index contributed by atoms with van der Waals surface area (Å²) in [4.78, 5) is 0. The van der Waals surface area contributed by atoms with Gasteiger partial charge < -0.3 is 5.32 Å². The highest BCUT2D eigenvalue weighted by Gasteiger charge is 2.08. The van der Waals surface area contributed by atoms with Crippen LogP contribution in [0.2, 0.25) is 0 Å². The Bertz CT molecular complexity index is 239. The molecule has 1 aromatic rings. The lowest BCUT2D eigenvalue weighted by Crippen LogP contribution is -2.07. The summed E-state index contributed by atoms with van der Waals surface area (Å²) in [5.74, 6) is 1.78. The largest absolute Gasteiger partial charge is 0.357 e. The molecule has 0 aromatic carbocycles. The van der Waals surface area contributed by atoms with Gasteiger partial charge in [0.25, 0.3) is 0 Å². The maximum Gasteiger partial charge on any atom is 0.224 e. The van der Waals surface area contributed by atoms with Crippen molar-refractivity contribution in [1.29, 1.82) is 0 Å². The minimum atomic E-state index is 0.410. The van der Waals surface area contributed by atoms with E-state index in [1.165, 1.54) is 0 Å². The van der Waals surface area contributed by atoms with Crippen LogP contribution in [0.15, 0.2) is 0 Å². The zero-order valence-corrected chi connectivity index (χ0v) is 7.42. The Hall–Kier alpha value is -1.06. The Balaban J connectivity index is 3.07. The van der Waals surface area contributed by atoms with E-state index in [0.717, 1.165) is 11.8 Å². The molecule has 0 aliphatic heterocycles. The van der Waals surface area contributed by atoms with E-state index in [2.05, 4.69) is 33.9 Å². The minimum Gasteiger partial charge on any atom is -0.357 e. The van der Waals surface area contributed by atoms with Crippen LogP contribution < -0.4 is 5.32 Å². The van der Waals surface area contributed by atoms with E-state index in [1.807, 2.05) is 14.0 Å². The lowest BCUT2D eigenvalue weighted by molar-refractivity contribution is 0.588. The van der Waals surface area contributed by atoms with Crippen LogP contribution in [0.1, 0.15) is 25.7 Å². The van der Waals surface area contributed by atoms with Crippen LogP contribution in [0.25, 0.3) is 0 Å². The van der Waals surface area contributed by atoms with Gasteiger partial charge in [0.15, 0.2) is 0 Å². The van der Waals surface area contributed by atoms with Crippen LogP contribution >= 0.6 is 0 Å². The topological polar surface area (TPSA) is 42.7 Å². The van der Waals surface area contributed by atoms with Crippen molar-refractivity contribution in [1.82, 2.24) is 14.8 Å². The average molecular weight is 154 g/mol. The molecule has 1 aromatic heterocycles. The van der Waals surface area contributed by atoms with Crippen LogP contribution in [-0.2, 0) is 0 Å². The van der Waals surface area contributed by atoms with Crippen molar-refractivity contribution in [2.24, 2.45) is 0 Å². The second kappa shape index (κ2) is 2.90. The summed E-state index contributed by atoms with van der Waals surface area (Å²) in [6.45, 7) is 6.17. The normalized spacial score (nSPS) is 10.6. The number of aromatic nitrogens is 3. The zero-order chi connectivity index (χ0) is 8.43. The second-order valence-corrected chi connectivity index (χ2v) is 2.78. The number of rotatable bonds is 2. The smallest absolute Gasteiger partial charge is 0.224 e. The van der Waals surface area contributed by atoms with Gasteiger partial charge in [-0.05, 0) is 20.8 Å². The van der Waals surface area contributed by atoms with E-state index in [9.17, 15) is 0 Å². The molecular weight excluding hydrogens is 140 g/mol.